The van der Waals surface area contributed by atoms with Crippen molar-refractivity contribution in [2.75, 3.05) is 5.73 Å². The first-order valence-electron chi connectivity index (χ1n) is 6.49. The SMILES string of the molecule is CCc1ccc2oc(-c3cc(CC)sc3N)nc2c1. The number of oxazole rings is 1. The van der Waals surface area contributed by atoms with E-state index in [-0.39, 0.29) is 0 Å². The first-order valence-corrected chi connectivity index (χ1v) is 7.31. The minimum atomic E-state index is 0.622. The van der Waals surface area contributed by atoms with Gasteiger partial charge in [0.05, 0.1) is 10.6 Å². The molecule has 3 nitrogen and oxygen atoms in total. The van der Waals surface area contributed by atoms with E-state index in [1.165, 1.54) is 10.4 Å². The Kier molecular flexibility index (Phi) is 3.03. The van der Waals surface area contributed by atoms with E-state index in [4.69, 9.17) is 10.2 Å². The Morgan fingerprint density at radius 2 is 2.05 bits per heavy atom. The van der Waals surface area contributed by atoms with Gasteiger partial charge in [-0.2, -0.15) is 0 Å². The number of nitrogens with two attached hydrogens (primary N) is 1. The van der Waals surface area contributed by atoms with Gasteiger partial charge in [0.25, 0.3) is 0 Å². The van der Waals surface area contributed by atoms with Gasteiger partial charge in [-0.3, -0.25) is 0 Å². The average Bonchev–Trinajstić information content (AvgIpc) is 3.00. The smallest absolute Gasteiger partial charge is 0.230 e. The topological polar surface area (TPSA) is 52.0 Å². The fourth-order valence-corrected chi connectivity index (χ4v) is 2.97. The van der Waals surface area contributed by atoms with E-state index in [0.29, 0.717) is 5.89 Å². The van der Waals surface area contributed by atoms with E-state index in [0.717, 1.165) is 34.5 Å². The van der Waals surface area contributed by atoms with Crippen molar-refractivity contribution in [1.82, 2.24) is 4.98 Å². The third-order valence-corrected chi connectivity index (χ3v) is 4.36. The Hall–Kier alpha value is -1.81. The van der Waals surface area contributed by atoms with Crippen LogP contribution in [0.25, 0.3) is 22.6 Å². The quantitative estimate of drug-likeness (QED) is 0.775. The van der Waals surface area contributed by atoms with Crippen LogP contribution < -0.4 is 5.73 Å². The summed E-state index contributed by atoms with van der Waals surface area (Å²) < 4.78 is 5.81. The number of rotatable bonds is 3. The lowest BCUT2D eigenvalue weighted by Crippen LogP contribution is -1.83. The molecule has 98 valence electrons. The van der Waals surface area contributed by atoms with Gasteiger partial charge in [0, 0.05) is 4.88 Å². The second kappa shape index (κ2) is 4.70. The van der Waals surface area contributed by atoms with Crippen LogP contribution in [0, 0.1) is 0 Å². The number of benzene rings is 1. The van der Waals surface area contributed by atoms with Crippen LogP contribution in [-0.4, -0.2) is 4.98 Å². The maximum absolute atomic E-state index is 6.05. The number of aromatic nitrogens is 1. The maximum atomic E-state index is 6.05. The zero-order chi connectivity index (χ0) is 13.4. The number of fused-ring (bicyclic) bond motifs is 1. The molecule has 2 heterocycles. The predicted molar refractivity (Wildman–Crippen MR) is 80.5 cm³/mol. The third kappa shape index (κ3) is 2.12. The summed E-state index contributed by atoms with van der Waals surface area (Å²) in [5.41, 5.74) is 9.94. The molecule has 2 aromatic heterocycles. The van der Waals surface area contributed by atoms with E-state index in [1.54, 1.807) is 11.3 Å². The molecule has 19 heavy (non-hydrogen) atoms. The van der Waals surface area contributed by atoms with Gasteiger partial charge in [0.15, 0.2) is 5.58 Å². The largest absolute Gasteiger partial charge is 0.436 e. The molecule has 1 aromatic carbocycles. The molecule has 0 aliphatic carbocycles. The molecule has 0 fully saturated rings. The van der Waals surface area contributed by atoms with Crippen LogP contribution in [0.4, 0.5) is 5.00 Å². The Morgan fingerprint density at radius 1 is 1.21 bits per heavy atom. The van der Waals surface area contributed by atoms with Gasteiger partial charge in [-0.15, -0.1) is 11.3 Å². The van der Waals surface area contributed by atoms with Crippen molar-refractivity contribution in [3.63, 3.8) is 0 Å². The Morgan fingerprint density at radius 3 is 2.74 bits per heavy atom. The number of thiophene rings is 1. The van der Waals surface area contributed by atoms with Gasteiger partial charge in [-0.1, -0.05) is 19.9 Å². The summed E-state index contributed by atoms with van der Waals surface area (Å²) >= 11 is 1.60. The maximum Gasteiger partial charge on any atom is 0.230 e. The zero-order valence-corrected chi connectivity index (χ0v) is 11.9. The summed E-state index contributed by atoms with van der Waals surface area (Å²) in [7, 11) is 0. The molecule has 2 N–H and O–H groups in total. The van der Waals surface area contributed by atoms with Gasteiger partial charge in [0.2, 0.25) is 5.89 Å². The first kappa shape index (κ1) is 12.2. The lowest BCUT2D eigenvalue weighted by atomic mass is 10.1. The van der Waals surface area contributed by atoms with Crippen LogP contribution in [0.2, 0.25) is 0 Å². The molecule has 0 saturated carbocycles. The van der Waals surface area contributed by atoms with E-state index >= 15 is 0 Å². The lowest BCUT2D eigenvalue weighted by Gasteiger charge is -1.92. The Bertz CT molecular complexity index is 727. The van der Waals surface area contributed by atoms with Gasteiger partial charge in [-0.05, 0) is 36.6 Å². The minimum absolute atomic E-state index is 0.622. The summed E-state index contributed by atoms with van der Waals surface area (Å²) in [5.74, 6) is 0.622. The molecule has 0 aliphatic heterocycles. The fraction of sp³-hybridized carbons (Fsp3) is 0.267. The number of hydrogen-bond acceptors (Lipinski definition) is 4. The summed E-state index contributed by atoms with van der Waals surface area (Å²) in [4.78, 5) is 5.81. The molecule has 0 bridgehead atoms. The van der Waals surface area contributed by atoms with Crippen molar-refractivity contribution in [3.8, 4) is 11.5 Å². The molecule has 0 radical (unpaired) electrons. The Labute approximate surface area is 116 Å². The van der Waals surface area contributed by atoms with Crippen molar-refractivity contribution in [2.24, 2.45) is 0 Å². The standard InChI is InChI=1S/C15H16N2OS/c1-3-9-5-6-13-12(7-9)17-15(18-13)11-8-10(4-2)19-14(11)16/h5-8H,3-4,16H2,1-2H3. The highest BCUT2D eigenvalue weighted by Gasteiger charge is 2.14. The molecule has 3 aromatic rings. The van der Waals surface area contributed by atoms with Gasteiger partial charge in [-0.25, -0.2) is 4.98 Å². The molecule has 0 amide bonds. The number of hydrogen-bond donors (Lipinski definition) is 1. The fourth-order valence-electron chi connectivity index (χ4n) is 2.11. The average molecular weight is 272 g/mol. The molecular formula is C15H16N2OS. The van der Waals surface area contributed by atoms with Gasteiger partial charge >= 0.3 is 0 Å². The number of nitrogens with zero attached hydrogens (tertiary/aromatic N) is 1. The van der Waals surface area contributed by atoms with E-state index in [9.17, 15) is 0 Å². The van der Waals surface area contributed by atoms with Crippen molar-refractivity contribution in [2.45, 2.75) is 26.7 Å². The van der Waals surface area contributed by atoms with Crippen LogP contribution in [-0.2, 0) is 12.8 Å². The molecule has 0 unspecified atom stereocenters. The molecule has 0 aliphatic rings. The lowest BCUT2D eigenvalue weighted by molar-refractivity contribution is 0.620. The van der Waals surface area contributed by atoms with Crippen molar-refractivity contribution < 1.29 is 4.42 Å². The second-order valence-electron chi connectivity index (χ2n) is 4.52. The third-order valence-electron chi connectivity index (χ3n) is 3.25. The van der Waals surface area contributed by atoms with Crippen LogP contribution in [0.5, 0.6) is 0 Å². The number of anilines is 1. The predicted octanol–water partition coefficient (Wildman–Crippen LogP) is 4.26. The van der Waals surface area contributed by atoms with Gasteiger partial charge in [0.1, 0.15) is 5.52 Å². The van der Waals surface area contributed by atoms with Crippen molar-refractivity contribution in [1.29, 1.82) is 0 Å². The van der Waals surface area contributed by atoms with Gasteiger partial charge < -0.3 is 10.2 Å². The highest BCUT2D eigenvalue weighted by Crippen LogP contribution is 2.35. The monoisotopic (exact) mass is 272 g/mol. The number of nitrogen functional groups attached to an aromatic ring is 1. The summed E-state index contributed by atoms with van der Waals surface area (Å²) in [5, 5.41) is 0.777. The summed E-state index contributed by atoms with van der Waals surface area (Å²) in [6, 6.07) is 8.21. The van der Waals surface area contributed by atoms with E-state index in [2.05, 4.69) is 37.0 Å². The normalized spacial score (nSPS) is 11.3. The summed E-state index contributed by atoms with van der Waals surface area (Å²) in [6.07, 6.45) is 1.98. The molecular weight excluding hydrogens is 256 g/mol. The highest BCUT2D eigenvalue weighted by atomic mass is 32.1. The van der Waals surface area contributed by atoms with Crippen LogP contribution >= 0.6 is 11.3 Å². The first-order chi connectivity index (χ1) is 9.21. The molecule has 0 atom stereocenters. The van der Waals surface area contributed by atoms with Crippen molar-refractivity contribution >= 4 is 27.4 Å². The summed E-state index contributed by atoms with van der Waals surface area (Å²) in [6.45, 7) is 4.25. The van der Waals surface area contributed by atoms with Crippen LogP contribution in [0.1, 0.15) is 24.3 Å². The molecule has 0 saturated heterocycles. The highest BCUT2D eigenvalue weighted by molar-refractivity contribution is 7.16. The zero-order valence-electron chi connectivity index (χ0n) is 11.1. The van der Waals surface area contributed by atoms with E-state index < -0.39 is 0 Å². The second-order valence-corrected chi connectivity index (χ2v) is 5.69. The molecule has 0 spiro atoms. The molecule has 4 heteroatoms. The van der Waals surface area contributed by atoms with Crippen LogP contribution in [0.15, 0.2) is 28.7 Å². The van der Waals surface area contributed by atoms with Crippen LogP contribution in [0.3, 0.4) is 0 Å². The van der Waals surface area contributed by atoms with Crippen molar-refractivity contribution in [3.05, 3.63) is 34.7 Å². The Balaban J connectivity index is 2.11. The van der Waals surface area contributed by atoms with E-state index in [1.807, 2.05) is 6.07 Å². The minimum Gasteiger partial charge on any atom is -0.436 e. The number of aryl methyl sites for hydroxylation is 2. The molecule has 3 rings (SSSR count).